The number of nitrogens with zero attached hydrogens (tertiary/aromatic N) is 1. The van der Waals surface area contributed by atoms with Crippen molar-refractivity contribution < 1.29 is 13.2 Å². The Morgan fingerprint density at radius 3 is 2.30 bits per heavy atom. The van der Waals surface area contributed by atoms with E-state index in [0.717, 1.165) is 41.0 Å². The zero-order valence-electron chi connectivity index (χ0n) is 24.1. The van der Waals surface area contributed by atoms with Gasteiger partial charge in [-0.1, -0.05) is 39.2 Å². The van der Waals surface area contributed by atoms with Crippen LogP contribution < -0.4 is 10.0 Å². The molecule has 1 aliphatic rings. The maximum atomic E-state index is 13.2. The topological polar surface area (TPSA) is 80.2 Å². The molecule has 0 bridgehead atoms. The zero-order chi connectivity index (χ0) is 27.5. The van der Waals surface area contributed by atoms with Gasteiger partial charge < -0.3 is 9.88 Å². The highest BCUT2D eigenvalue weighted by Crippen LogP contribution is 2.35. The molecule has 3 rings (SSSR count). The minimum absolute atomic E-state index is 0.0373. The van der Waals surface area contributed by atoms with E-state index in [1.54, 1.807) is 6.07 Å². The number of carbonyl (C=O) groups is 1. The third kappa shape index (κ3) is 7.26. The summed E-state index contributed by atoms with van der Waals surface area (Å²) >= 11 is 0. The van der Waals surface area contributed by atoms with Crippen LogP contribution in [0.5, 0.6) is 0 Å². The van der Waals surface area contributed by atoms with Crippen molar-refractivity contribution in [2.75, 3.05) is 6.54 Å². The molecule has 6 nitrogen and oxygen atoms in total. The number of nitrogens with one attached hydrogen (secondary N) is 2. The van der Waals surface area contributed by atoms with Gasteiger partial charge in [0.05, 0.1) is 10.5 Å². The van der Waals surface area contributed by atoms with Gasteiger partial charge >= 0.3 is 0 Å². The van der Waals surface area contributed by atoms with E-state index in [1.165, 1.54) is 32.1 Å². The third-order valence-electron chi connectivity index (χ3n) is 7.53. The van der Waals surface area contributed by atoms with Crippen LogP contribution in [0.25, 0.3) is 11.3 Å². The van der Waals surface area contributed by atoms with E-state index in [1.807, 2.05) is 53.7 Å². The minimum atomic E-state index is -3.66. The number of hydrogen-bond acceptors (Lipinski definition) is 3. The number of amides is 1. The Morgan fingerprint density at radius 2 is 1.70 bits per heavy atom. The Morgan fingerprint density at radius 1 is 1.05 bits per heavy atom. The van der Waals surface area contributed by atoms with Gasteiger partial charge in [0.2, 0.25) is 10.0 Å². The fourth-order valence-electron chi connectivity index (χ4n) is 5.35. The van der Waals surface area contributed by atoms with Gasteiger partial charge in [0.25, 0.3) is 5.91 Å². The lowest BCUT2D eigenvalue weighted by Crippen LogP contribution is -2.40. The Kier molecular flexibility index (Phi) is 9.33. The van der Waals surface area contributed by atoms with Gasteiger partial charge in [0, 0.05) is 35.6 Å². The molecule has 1 heterocycles. The summed E-state index contributed by atoms with van der Waals surface area (Å²) in [6.07, 6.45) is 7.18. The van der Waals surface area contributed by atoms with Crippen LogP contribution in [-0.4, -0.2) is 31.0 Å². The molecule has 0 aliphatic heterocycles. The average Bonchev–Trinajstić information content (AvgIpc) is 3.10. The normalized spacial score (nSPS) is 15.4. The second-order valence-electron chi connectivity index (χ2n) is 12.3. The van der Waals surface area contributed by atoms with E-state index in [9.17, 15) is 13.2 Å². The van der Waals surface area contributed by atoms with Crippen LogP contribution >= 0.6 is 0 Å². The Labute approximate surface area is 224 Å². The van der Waals surface area contributed by atoms with Crippen LogP contribution in [-0.2, 0) is 16.6 Å². The molecule has 0 spiro atoms. The van der Waals surface area contributed by atoms with Crippen LogP contribution in [0, 0.1) is 32.6 Å². The summed E-state index contributed by atoms with van der Waals surface area (Å²) in [4.78, 5) is 13.5. The molecular formula is C30H47N3O3S. The van der Waals surface area contributed by atoms with Gasteiger partial charge in [-0.2, -0.15) is 0 Å². The first-order valence-electron chi connectivity index (χ1n) is 13.8. The lowest BCUT2D eigenvalue weighted by atomic mass is 9.89. The quantitative estimate of drug-likeness (QED) is 0.388. The summed E-state index contributed by atoms with van der Waals surface area (Å²) in [6, 6.07) is 5.62. The molecule has 37 heavy (non-hydrogen) atoms. The molecule has 1 fully saturated rings. The van der Waals surface area contributed by atoms with Gasteiger partial charge in [-0.3, -0.25) is 4.79 Å². The lowest BCUT2D eigenvalue weighted by Gasteiger charge is -2.25. The fraction of sp³-hybridized carbons (Fsp3) is 0.633. The highest BCUT2D eigenvalue weighted by atomic mass is 32.2. The lowest BCUT2D eigenvalue weighted by molar-refractivity contribution is 0.0951. The van der Waals surface area contributed by atoms with Crippen molar-refractivity contribution in [2.24, 2.45) is 11.8 Å². The predicted molar refractivity (Wildman–Crippen MR) is 153 cm³/mol. The summed E-state index contributed by atoms with van der Waals surface area (Å²) in [7, 11) is -3.66. The Bertz CT molecular complexity index is 1210. The molecule has 1 amide bonds. The van der Waals surface area contributed by atoms with Gasteiger partial charge in [-0.15, -0.1) is 0 Å². The van der Waals surface area contributed by atoms with Crippen LogP contribution in [0.2, 0.25) is 0 Å². The van der Waals surface area contributed by atoms with Gasteiger partial charge in [0.15, 0.2) is 0 Å². The van der Waals surface area contributed by atoms with Gasteiger partial charge in [0.1, 0.15) is 0 Å². The maximum absolute atomic E-state index is 13.2. The summed E-state index contributed by atoms with van der Waals surface area (Å²) in [5.74, 6) is 1.08. The number of aromatic nitrogens is 1. The molecule has 7 heteroatoms. The van der Waals surface area contributed by atoms with E-state index in [4.69, 9.17) is 0 Å². The smallest absolute Gasteiger partial charge is 0.253 e. The van der Waals surface area contributed by atoms with Crippen LogP contribution in [0.15, 0.2) is 23.1 Å². The van der Waals surface area contributed by atoms with Crippen LogP contribution in [0.1, 0.15) is 100 Å². The first kappa shape index (κ1) is 29.4. The number of rotatable bonds is 9. The highest BCUT2D eigenvalue weighted by molar-refractivity contribution is 7.89. The first-order chi connectivity index (χ1) is 17.2. The molecule has 1 aromatic heterocycles. The van der Waals surface area contributed by atoms with Crippen molar-refractivity contribution in [1.82, 2.24) is 14.6 Å². The zero-order valence-corrected chi connectivity index (χ0v) is 24.9. The summed E-state index contributed by atoms with van der Waals surface area (Å²) < 4.78 is 31.3. The Balaban J connectivity index is 2.06. The monoisotopic (exact) mass is 529 g/mol. The molecule has 2 aromatic rings. The molecule has 206 valence electrons. The van der Waals surface area contributed by atoms with Crippen LogP contribution in [0.3, 0.4) is 0 Å². The van der Waals surface area contributed by atoms with E-state index in [0.29, 0.717) is 28.8 Å². The largest absolute Gasteiger partial charge is 0.352 e. The number of sulfonamides is 1. The van der Waals surface area contributed by atoms with E-state index < -0.39 is 15.6 Å². The summed E-state index contributed by atoms with van der Waals surface area (Å²) in [5.41, 5.74) is 4.74. The van der Waals surface area contributed by atoms with Gasteiger partial charge in [-0.25, -0.2) is 13.1 Å². The van der Waals surface area contributed by atoms with E-state index in [2.05, 4.69) is 28.5 Å². The molecule has 1 saturated carbocycles. The summed E-state index contributed by atoms with van der Waals surface area (Å²) in [5, 5.41) is 3.10. The van der Waals surface area contributed by atoms with Crippen molar-refractivity contribution in [2.45, 2.75) is 111 Å². The fourth-order valence-corrected chi connectivity index (χ4v) is 7.07. The molecular weight excluding hydrogens is 482 g/mol. The molecule has 0 saturated heterocycles. The number of benzene rings is 1. The van der Waals surface area contributed by atoms with E-state index in [-0.39, 0.29) is 5.91 Å². The highest BCUT2D eigenvalue weighted by Gasteiger charge is 2.27. The number of carbonyl (C=O) groups excluding carboxylic acids is 1. The second kappa shape index (κ2) is 11.7. The van der Waals surface area contributed by atoms with Crippen LogP contribution in [0.4, 0.5) is 0 Å². The SMILES string of the molecule is Cc1c(-c2cc(C(=O)NCCC(C)C)c(C)n2CC2CCCCC2)ccc(S(=O)(=O)NC(C)(C)C)c1C. The predicted octanol–water partition coefficient (Wildman–Crippen LogP) is 6.51. The molecule has 0 unspecified atom stereocenters. The first-order valence-corrected chi connectivity index (χ1v) is 15.3. The molecule has 0 radical (unpaired) electrons. The van der Waals surface area contributed by atoms with Gasteiger partial charge in [-0.05, 0) is 95.9 Å². The van der Waals surface area contributed by atoms with Crippen molar-refractivity contribution in [3.63, 3.8) is 0 Å². The molecule has 0 atom stereocenters. The molecule has 1 aromatic carbocycles. The average molecular weight is 530 g/mol. The third-order valence-corrected chi connectivity index (χ3v) is 9.43. The maximum Gasteiger partial charge on any atom is 0.253 e. The van der Waals surface area contributed by atoms with Crippen molar-refractivity contribution in [3.05, 3.63) is 40.6 Å². The minimum Gasteiger partial charge on any atom is -0.352 e. The number of hydrogen-bond donors (Lipinski definition) is 2. The Hall–Kier alpha value is -2.12. The molecule has 1 aliphatic carbocycles. The van der Waals surface area contributed by atoms with Crippen molar-refractivity contribution in [3.8, 4) is 11.3 Å². The molecule has 2 N–H and O–H groups in total. The standard InChI is InChI=1S/C30H47N3O3S/c1-20(2)16-17-31-29(34)26-18-27(33(23(26)5)19-24-12-10-9-11-13-24)25-14-15-28(22(4)21(25)3)37(35,36)32-30(6,7)8/h14-15,18,20,24,32H,9-13,16-17,19H2,1-8H3,(H,31,34). The van der Waals surface area contributed by atoms with Crippen molar-refractivity contribution >= 4 is 15.9 Å². The summed E-state index contributed by atoms with van der Waals surface area (Å²) in [6.45, 7) is 17.3. The second-order valence-corrected chi connectivity index (χ2v) is 13.9. The van der Waals surface area contributed by atoms with Crippen molar-refractivity contribution in [1.29, 1.82) is 0 Å². The van der Waals surface area contributed by atoms with E-state index >= 15 is 0 Å².